The van der Waals surface area contributed by atoms with E-state index < -0.39 is 0 Å². The molecule has 0 radical (unpaired) electrons. The highest BCUT2D eigenvalue weighted by Crippen LogP contribution is 2.24. The molecule has 1 aliphatic heterocycles. The molecule has 82 valence electrons. The average molecular weight is 217 g/mol. The summed E-state index contributed by atoms with van der Waals surface area (Å²) in [6.45, 7) is 2.48. The first-order valence-electron chi connectivity index (χ1n) is 4.98. The second kappa shape index (κ2) is 4.29. The van der Waals surface area contributed by atoms with Crippen molar-refractivity contribution in [3.63, 3.8) is 0 Å². The molecule has 0 fully saturated rings. The van der Waals surface area contributed by atoms with Crippen LogP contribution in [0, 0.1) is 11.3 Å². The standard InChI is InChI=1S/C11H11N3O2/c1-7(15)14-11-10(4-12)9-2-3-16-6-8(9)5-13-11/h5H,2-3,6H2,1H3,(H,13,14,15). The Hall–Kier alpha value is -1.93. The monoisotopic (exact) mass is 217 g/mol. The fraction of sp³-hybridized carbons (Fsp3) is 0.364. The zero-order valence-electron chi connectivity index (χ0n) is 8.91. The quantitative estimate of drug-likeness (QED) is 0.761. The maximum absolute atomic E-state index is 11.0. The Labute approximate surface area is 93.1 Å². The predicted octanol–water partition coefficient (Wildman–Crippen LogP) is 0.984. The van der Waals surface area contributed by atoms with E-state index in [4.69, 9.17) is 10.00 Å². The number of amides is 1. The molecule has 0 spiro atoms. The van der Waals surface area contributed by atoms with Crippen LogP contribution >= 0.6 is 0 Å². The summed E-state index contributed by atoms with van der Waals surface area (Å²) in [6, 6.07) is 2.10. The van der Waals surface area contributed by atoms with E-state index >= 15 is 0 Å². The molecule has 16 heavy (non-hydrogen) atoms. The molecule has 1 aromatic heterocycles. The summed E-state index contributed by atoms with van der Waals surface area (Å²) >= 11 is 0. The van der Waals surface area contributed by atoms with Crippen LogP contribution in [-0.4, -0.2) is 17.5 Å². The van der Waals surface area contributed by atoms with Crippen molar-refractivity contribution in [3.8, 4) is 6.07 Å². The maximum atomic E-state index is 11.0. The largest absolute Gasteiger partial charge is 0.376 e. The summed E-state index contributed by atoms with van der Waals surface area (Å²) in [6.07, 6.45) is 2.34. The van der Waals surface area contributed by atoms with Gasteiger partial charge in [0.2, 0.25) is 5.91 Å². The lowest BCUT2D eigenvalue weighted by atomic mass is 10.00. The van der Waals surface area contributed by atoms with E-state index in [1.165, 1.54) is 6.92 Å². The van der Waals surface area contributed by atoms with E-state index in [0.717, 1.165) is 11.1 Å². The molecule has 2 heterocycles. The summed E-state index contributed by atoms with van der Waals surface area (Å²) in [7, 11) is 0. The van der Waals surface area contributed by atoms with Crippen molar-refractivity contribution in [2.45, 2.75) is 20.0 Å². The normalized spacial score (nSPS) is 13.8. The van der Waals surface area contributed by atoms with E-state index in [9.17, 15) is 4.79 Å². The summed E-state index contributed by atoms with van der Waals surface area (Å²) < 4.78 is 5.28. The Kier molecular flexibility index (Phi) is 2.84. The number of pyridine rings is 1. The number of carbonyl (C=O) groups excluding carboxylic acids is 1. The molecule has 2 rings (SSSR count). The van der Waals surface area contributed by atoms with Crippen molar-refractivity contribution >= 4 is 11.7 Å². The highest BCUT2D eigenvalue weighted by Gasteiger charge is 2.18. The Bertz CT molecular complexity index is 477. The average Bonchev–Trinajstić information content (AvgIpc) is 2.28. The number of hydrogen-bond donors (Lipinski definition) is 1. The van der Waals surface area contributed by atoms with Crippen LogP contribution in [0.5, 0.6) is 0 Å². The van der Waals surface area contributed by atoms with Crippen molar-refractivity contribution in [2.24, 2.45) is 0 Å². The number of ether oxygens (including phenoxy) is 1. The SMILES string of the molecule is CC(=O)Nc1ncc2c(c1C#N)CCOC2. The second-order valence-electron chi connectivity index (χ2n) is 3.58. The number of nitriles is 1. The number of anilines is 1. The Morgan fingerprint density at radius 1 is 1.69 bits per heavy atom. The number of fused-ring (bicyclic) bond motifs is 1. The molecule has 0 aromatic carbocycles. The zero-order chi connectivity index (χ0) is 11.5. The summed E-state index contributed by atoms with van der Waals surface area (Å²) in [5.41, 5.74) is 2.32. The molecule has 0 atom stereocenters. The lowest BCUT2D eigenvalue weighted by Gasteiger charge is -2.18. The van der Waals surface area contributed by atoms with Crippen LogP contribution in [0.25, 0.3) is 0 Å². The minimum absolute atomic E-state index is 0.226. The minimum atomic E-state index is -0.226. The van der Waals surface area contributed by atoms with Gasteiger partial charge in [-0.1, -0.05) is 0 Å². The van der Waals surface area contributed by atoms with Crippen molar-refractivity contribution < 1.29 is 9.53 Å². The molecule has 0 aliphatic carbocycles. The molecule has 1 amide bonds. The highest BCUT2D eigenvalue weighted by atomic mass is 16.5. The number of nitrogens with zero attached hydrogens (tertiary/aromatic N) is 2. The number of nitrogens with one attached hydrogen (secondary N) is 1. The van der Waals surface area contributed by atoms with Crippen LogP contribution in [-0.2, 0) is 22.6 Å². The number of hydrogen-bond acceptors (Lipinski definition) is 4. The molecular weight excluding hydrogens is 206 g/mol. The Morgan fingerprint density at radius 2 is 2.50 bits per heavy atom. The lowest BCUT2D eigenvalue weighted by molar-refractivity contribution is -0.114. The molecular formula is C11H11N3O2. The number of aromatic nitrogens is 1. The van der Waals surface area contributed by atoms with Crippen LogP contribution in [0.1, 0.15) is 23.6 Å². The van der Waals surface area contributed by atoms with Crippen LogP contribution in [0.15, 0.2) is 6.20 Å². The third kappa shape index (κ3) is 1.88. The molecule has 1 N–H and O–H groups in total. The third-order valence-corrected chi connectivity index (χ3v) is 2.44. The molecule has 0 saturated heterocycles. The third-order valence-electron chi connectivity index (χ3n) is 2.44. The van der Waals surface area contributed by atoms with Gasteiger partial charge in [0.05, 0.1) is 18.8 Å². The van der Waals surface area contributed by atoms with Crippen molar-refractivity contribution in [2.75, 3.05) is 11.9 Å². The fourth-order valence-corrected chi connectivity index (χ4v) is 1.74. The molecule has 0 saturated carbocycles. The van der Waals surface area contributed by atoms with Gasteiger partial charge in [0.25, 0.3) is 0 Å². The van der Waals surface area contributed by atoms with Crippen LogP contribution < -0.4 is 5.32 Å². The van der Waals surface area contributed by atoms with Gasteiger partial charge in [-0.15, -0.1) is 0 Å². The van der Waals surface area contributed by atoms with Gasteiger partial charge in [-0.2, -0.15) is 5.26 Å². The summed E-state index contributed by atoms with van der Waals surface area (Å²) in [5.74, 6) is 0.117. The van der Waals surface area contributed by atoms with E-state index in [1.807, 2.05) is 0 Å². The maximum Gasteiger partial charge on any atom is 0.222 e. The van der Waals surface area contributed by atoms with Crippen LogP contribution in [0.3, 0.4) is 0 Å². The molecule has 1 aromatic rings. The van der Waals surface area contributed by atoms with E-state index in [0.29, 0.717) is 31.0 Å². The Balaban J connectivity index is 2.48. The summed E-state index contributed by atoms with van der Waals surface area (Å²) in [5, 5.41) is 11.7. The van der Waals surface area contributed by atoms with Gasteiger partial charge in [0.1, 0.15) is 6.07 Å². The van der Waals surface area contributed by atoms with Gasteiger partial charge in [0.15, 0.2) is 5.82 Å². The number of carbonyl (C=O) groups is 1. The van der Waals surface area contributed by atoms with Gasteiger partial charge in [0, 0.05) is 18.7 Å². The second-order valence-corrected chi connectivity index (χ2v) is 3.58. The molecule has 0 bridgehead atoms. The fourth-order valence-electron chi connectivity index (χ4n) is 1.74. The van der Waals surface area contributed by atoms with Crippen molar-refractivity contribution in [1.29, 1.82) is 5.26 Å². The number of rotatable bonds is 1. The van der Waals surface area contributed by atoms with E-state index in [2.05, 4.69) is 16.4 Å². The topological polar surface area (TPSA) is 75.0 Å². The summed E-state index contributed by atoms with van der Waals surface area (Å²) in [4.78, 5) is 15.0. The van der Waals surface area contributed by atoms with Gasteiger partial charge < -0.3 is 10.1 Å². The van der Waals surface area contributed by atoms with Gasteiger partial charge in [-0.05, 0) is 12.0 Å². The predicted molar refractivity (Wildman–Crippen MR) is 56.6 cm³/mol. The molecule has 5 heteroatoms. The van der Waals surface area contributed by atoms with Gasteiger partial charge in [-0.25, -0.2) is 4.98 Å². The van der Waals surface area contributed by atoms with Crippen molar-refractivity contribution in [1.82, 2.24) is 4.98 Å². The first-order valence-corrected chi connectivity index (χ1v) is 4.98. The zero-order valence-corrected chi connectivity index (χ0v) is 8.91. The van der Waals surface area contributed by atoms with Crippen LogP contribution in [0.4, 0.5) is 5.82 Å². The smallest absolute Gasteiger partial charge is 0.222 e. The molecule has 1 aliphatic rings. The first kappa shape index (κ1) is 10.6. The molecule has 5 nitrogen and oxygen atoms in total. The van der Waals surface area contributed by atoms with Gasteiger partial charge in [-0.3, -0.25) is 4.79 Å². The lowest BCUT2D eigenvalue weighted by Crippen LogP contribution is -2.16. The Morgan fingerprint density at radius 3 is 3.19 bits per heavy atom. The van der Waals surface area contributed by atoms with Crippen molar-refractivity contribution in [3.05, 3.63) is 22.9 Å². The van der Waals surface area contributed by atoms with E-state index in [1.54, 1.807) is 6.20 Å². The first-order chi connectivity index (χ1) is 7.72. The van der Waals surface area contributed by atoms with Gasteiger partial charge >= 0.3 is 0 Å². The molecule has 0 unspecified atom stereocenters. The van der Waals surface area contributed by atoms with Crippen LogP contribution in [0.2, 0.25) is 0 Å². The minimum Gasteiger partial charge on any atom is -0.376 e. The highest BCUT2D eigenvalue weighted by molar-refractivity contribution is 5.89. The van der Waals surface area contributed by atoms with E-state index in [-0.39, 0.29) is 5.91 Å².